The molecule has 1 aromatic heterocycles. The van der Waals surface area contributed by atoms with Crippen molar-refractivity contribution in [3.8, 4) is 0 Å². The summed E-state index contributed by atoms with van der Waals surface area (Å²) in [5.74, 6) is 6.73. The van der Waals surface area contributed by atoms with E-state index in [2.05, 4.69) is 29.6 Å². The highest BCUT2D eigenvalue weighted by molar-refractivity contribution is 5.51. The van der Waals surface area contributed by atoms with Gasteiger partial charge in [-0.15, -0.1) is 0 Å². The van der Waals surface area contributed by atoms with Crippen molar-refractivity contribution in [1.82, 2.24) is 4.98 Å². The summed E-state index contributed by atoms with van der Waals surface area (Å²) < 4.78 is 0. The lowest BCUT2D eigenvalue weighted by molar-refractivity contribution is 0.567. The Kier molecular flexibility index (Phi) is 4.90. The van der Waals surface area contributed by atoms with Crippen molar-refractivity contribution < 1.29 is 0 Å². The first-order valence-corrected chi connectivity index (χ1v) is 5.39. The minimum absolute atomic E-state index is 0.684. The van der Waals surface area contributed by atoms with Gasteiger partial charge in [0.2, 0.25) is 0 Å². The van der Waals surface area contributed by atoms with Crippen LogP contribution in [0, 0.1) is 5.92 Å². The van der Waals surface area contributed by atoms with Gasteiger partial charge >= 0.3 is 0 Å². The number of pyridine rings is 1. The maximum absolute atomic E-state index is 5.27. The molecule has 4 heteroatoms. The smallest absolute Gasteiger partial charge is 0.141 e. The van der Waals surface area contributed by atoms with Gasteiger partial charge in [0.1, 0.15) is 5.82 Å². The number of hydrogen-bond donors (Lipinski definition) is 3. The summed E-state index contributed by atoms with van der Waals surface area (Å²) in [7, 11) is 0. The fraction of sp³-hybridized carbons (Fsp3) is 0.545. The fourth-order valence-electron chi connectivity index (χ4n) is 1.36. The molecule has 0 aromatic carbocycles. The molecule has 0 bridgehead atoms. The van der Waals surface area contributed by atoms with Gasteiger partial charge in [0, 0.05) is 24.5 Å². The first kappa shape index (κ1) is 11.8. The van der Waals surface area contributed by atoms with E-state index in [0.29, 0.717) is 5.82 Å². The van der Waals surface area contributed by atoms with Crippen LogP contribution in [0.15, 0.2) is 18.3 Å². The molecule has 0 aliphatic carbocycles. The van der Waals surface area contributed by atoms with Crippen LogP contribution in [0.4, 0.5) is 11.5 Å². The minimum atomic E-state index is 0.684. The number of nitrogens with zero attached hydrogens (tertiary/aromatic N) is 1. The SMILES string of the molecule is CC(C)CCCNc1ccnc(NN)c1. The number of rotatable bonds is 6. The van der Waals surface area contributed by atoms with Gasteiger partial charge in [0.05, 0.1) is 0 Å². The molecule has 4 N–H and O–H groups in total. The average molecular weight is 208 g/mol. The van der Waals surface area contributed by atoms with Crippen molar-refractivity contribution in [2.75, 3.05) is 17.3 Å². The highest BCUT2D eigenvalue weighted by Crippen LogP contribution is 2.11. The quantitative estimate of drug-likeness (QED) is 0.381. The highest BCUT2D eigenvalue weighted by atomic mass is 15.2. The van der Waals surface area contributed by atoms with Crippen LogP contribution < -0.4 is 16.6 Å². The Morgan fingerprint density at radius 1 is 1.47 bits per heavy atom. The molecule has 0 aliphatic rings. The first-order valence-electron chi connectivity index (χ1n) is 5.39. The predicted octanol–water partition coefficient (Wildman–Crippen LogP) is 2.22. The van der Waals surface area contributed by atoms with Crippen LogP contribution in [-0.2, 0) is 0 Å². The molecule has 84 valence electrons. The topological polar surface area (TPSA) is 63.0 Å². The van der Waals surface area contributed by atoms with Crippen molar-refractivity contribution in [2.45, 2.75) is 26.7 Å². The monoisotopic (exact) mass is 208 g/mol. The van der Waals surface area contributed by atoms with Crippen LogP contribution in [0.5, 0.6) is 0 Å². The molecule has 0 saturated carbocycles. The van der Waals surface area contributed by atoms with Gasteiger partial charge in [-0.05, 0) is 24.8 Å². The van der Waals surface area contributed by atoms with Crippen molar-refractivity contribution in [3.63, 3.8) is 0 Å². The standard InChI is InChI=1S/C11H20N4/c1-9(2)4-3-6-13-10-5-7-14-11(8-10)15-12/h5,7-9H,3-4,6,12H2,1-2H3,(H2,13,14,15). The predicted molar refractivity (Wildman–Crippen MR) is 64.6 cm³/mol. The maximum Gasteiger partial charge on any atom is 0.141 e. The summed E-state index contributed by atoms with van der Waals surface area (Å²) in [5.41, 5.74) is 3.58. The molecule has 1 rings (SSSR count). The molecule has 4 nitrogen and oxygen atoms in total. The molecular formula is C11H20N4. The molecule has 0 fully saturated rings. The number of nitrogen functional groups attached to an aromatic ring is 1. The Hall–Kier alpha value is -1.29. The summed E-state index contributed by atoms with van der Waals surface area (Å²) >= 11 is 0. The number of hydrazine groups is 1. The van der Waals surface area contributed by atoms with Gasteiger partial charge in [-0.25, -0.2) is 10.8 Å². The molecule has 0 radical (unpaired) electrons. The zero-order chi connectivity index (χ0) is 11.1. The van der Waals surface area contributed by atoms with Crippen LogP contribution in [-0.4, -0.2) is 11.5 Å². The second-order valence-corrected chi connectivity index (χ2v) is 4.04. The average Bonchev–Trinajstić information content (AvgIpc) is 2.24. The third-order valence-corrected chi connectivity index (χ3v) is 2.20. The van der Waals surface area contributed by atoms with Crippen molar-refractivity contribution in [2.24, 2.45) is 11.8 Å². The summed E-state index contributed by atoms with van der Waals surface area (Å²) in [6.07, 6.45) is 4.17. The number of hydrogen-bond acceptors (Lipinski definition) is 4. The van der Waals surface area contributed by atoms with Gasteiger partial charge in [-0.3, -0.25) is 0 Å². The molecule has 0 amide bonds. The van der Waals surface area contributed by atoms with Crippen molar-refractivity contribution in [1.29, 1.82) is 0 Å². The normalized spacial score (nSPS) is 10.4. The third-order valence-electron chi connectivity index (χ3n) is 2.20. The van der Waals surface area contributed by atoms with E-state index in [0.717, 1.165) is 18.2 Å². The van der Waals surface area contributed by atoms with Gasteiger partial charge in [0.25, 0.3) is 0 Å². The summed E-state index contributed by atoms with van der Waals surface area (Å²) in [6.45, 7) is 5.47. The Morgan fingerprint density at radius 2 is 2.27 bits per heavy atom. The fourth-order valence-corrected chi connectivity index (χ4v) is 1.36. The van der Waals surface area contributed by atoms with Crippen LogP contribution in [0.2, 0.25) is 0 Å². The summed E-state index contributed by atoms with van der Waals surface area (Å²) in [5, 5.41) is 3.34. The van der Waals surface area contributed by atoms with E-state index in [-0.39, 0.29) is 0 Å². The van der Waals surface area contributed by atoms with Gasteiger partial charge in [-0.2, -0.15) is 0 Å². The second kappa shape index (κ2) is 6.24. The molecule has 15 heavy (non-hydrogen) atoms. The maximum atomic E-state index is 5.27. The molecule has 0 aliphatic heterocycles. The van der Waals surface area contributed by atoms with Crippen LogP contribution in [0.3, 0.4) is 0 Å². The Balaban J connectivity index is 2.30. The van der Waals surface area contributed by atoms with E-state index in [1.807, 2.05) is 12.1 Å². The molecule has 1 aromatic rings. The van der Waals surface area contributed by atoms with E-state index in [4.69, 9.17) is 5.84 Å². The Bertz CT molecular complexity index is 286. The lowest BCUT2D eigenvalue weighted by Crippen LogP contribution is -2.09. The van der Waals surface area contributed by atoms with Crippen LogP contribution in [0.1, 0.15) is 26.7 Å². The molecule has 0 atom stereocenters. The zero-order valence-electron chi connectivity index (χ0n) is 9.46. The number of aromatic nitrogens is 1. The highest BCUT2D eigenvalue weighted by Gasteiger charge is 1.96. The molecule has 0 saturated heterocycles. The number of nitrogens with two attached hydrogens (primary N) is 1. The van der Waals surface area contributed by atoms with E-state index in [1.54, 1.807) is 6.20 Å². The summed E-state index contributed by atoms with van der Waals surface area (Å²) in [6, 6.07) is 3.84. The first-order chi connectivity index (χ1) is 7.22. The molecule has 0 unspecified atom stereocenters. The van der Waals surface area contributed by atoms with Gasteiger partial charge < -0.3 is 10.7 Å². The number of nitrogens with one attached hydrogen (secondary N) is 2. The van der Waals surface area contributed by atoms with Gasteiger partial charge in [0.15, 0.2) is 0 Å². The van der Waals surface area contributed by atoms with Gasteiger partial charge in [-0.1, -0.05) is 13.8 Å². The second-order valence-electron chi connectivity index (χ2n) is 4.04. The molecular weight excluding hydrogens is 188 g/mol. The largest absolute Gasteiger partial charge is 0.385 e. The number of anilines is 2. The lowest BCUT2D eigenvalue weighted by Gasteiger charge is -2.08. The lowest BCUT2D eigenvalue weighted by atomic mass is 10.1. The Morgan fingerprint density at radius 3 is 2.93 bits per heavy atom. The minimum Gasteiger partial charge on any atom is -0.385 e. The van der Waals surface area contributed by atoms with E-state index < -0.39 is 0 Å². The third kappa shape index (κ3) is 4.65. The van der Waals surface area contributed by atoms with Crippen molar-refractivity contribution in [3.05, 3.63) is 18.3 Å². The van der Waals surface area contributed by atoms with Crippen LogP contribution in [0.25, 0.3) is 0 Å². The summed E-state index contributed by atoms with van der Waals surface area (Å²) in [4.78, 5) is 4.04. The van der Waals surface area contributed by atoms with E-state index >= 15 is 0 Å². The zero-order valence-corrected chi connectivity index (χ0v) is 9.46. The molecule has 0 spiro atoms. The van der Waals surface area contributed by atoms with E-state index in [9.17, 15) is 0 Å². The van der Waals surface area contributed by atoms with Crippen LogP contribution >= 0.6 is 0 Å². The van der Waals surface area contributed by atoms with Crippen molar-refractivity contribution >= 4 is 11.5 Å². The van der Waals surface area contributed by atoms with E-state index in [1.165, 1.54) is 12.8 Å². The Labute approximate surface area is 91.3 Å². The molecule has 1 heterocycles.